The zero-order valence-electron chi connectivity index (χ0n) is 9.41. The predicted molar refractivity (Wildman–Crippen MR) is 67.6 cm³/mol. The van der Waals surface area contributed by atoms with Gasteiger partial charge >= 0.3 is 0 Å². The van der Waals surface area contributed by atoms with Crippen LogP contribution in [0.2, 0.25) is 0 Å². The molecule has 0 atom stereocenters. The minimum atomic E-state index is 0.552. The van der Waals surface area contributed by atoms with Crippen molar-refractivity contribution >= 4 is 11.3 Å². The highest BCUT2D eigenvalue weighted by Gasteiger charge is 2.06. The first kappa shape index (κ1) is 10.3. The maximum Gasteiger partial charge on any atom is 0.182 e. The molecule has 0 amide bonds. The highest BCUT2D eigenvalue weighted by Crippen LogP contribution is 2.17. The number of rotatable bonds is 1. The Bertz CT molecular complexity index is 749. The van der Waals surface area contributed by atoms with Gasteiger partial charge in [0.1, 0.15) is 6.07 Å². The zero-order valence-corrected chi connectivity index (χ0v) is 9.41. The normalized spacial score (nSPS) is 10.4. The fraction of sp³-hybridized carbons (Fsp3) is 0. The van der Waals surface area contributed by atoms with Crippen LogP contribution >= 0.6 is 0 Å². The van der Waals surface area contributed by atoms with E-state index in [0.29, 0.717) is 22.7 Å². The molecule has 0 aliphatic rings. The first-order valence-electron chi connectivity index (χ1n) is 5.39. The van der Waals surface area contributed by atoms with Crippen LogP contribution in [-0.2, 0) is 0 Å². The van der Waals surface area contributed by atoms with Crippen LogP contribution < -0.4 is 5.73 Å². The molecule has 0 bridgehead atoms. The van der Waals surface area contributed by atoms with E-state index >= 15 is 0 Å². The monoisotopic (exact) mass is 235 g/mol. The molecule has 0 saturated heterocycles. The Labute approximate surface area is 103 Å². The Balaban J connectivity index is 2.13. The third-order valence-electron chi connectivity index (χ3n) is 2.63. The molecule has 3 rings (SSSR count). The van der Waals surface area contributed by atoms with Crippen LogP contribution in [0.3, 0.4) is 0 Å². The van der Waals surface area contributed by atoms with Gasteiger partial charge in [-0.05, 0) is 36.4 Å². The molecule has 18 heavy (non-hydrogen) atoms. The second kappa shape index (κ2) is 3.86. The van der Waals surface area contributed by atoms with Gasteiger partial charge in [-0.2, -0.15) is 5.26 Å². The smallest absolute Gasteiger partial charge is 0.182 e. The summed E-state index contributed by atoms with van der Waals surface area (Å²) in [6.07, 6.45) is 1.66. The summed E-state index contributed by atoms with van der Waals surface area (Å²) in [6, 6.07) is 12.9. The Morgan fingerprint density at radius 2 is 1.89 bits per heavy atom. The van der Waals surface area contributed by atoms with Gasteiger partial charge in [-0.15, -0.1) is 5.10 Å². The molecule has 2 N–H and O–H groups in total. The number of aromatic nitrogens is 3. The second-order valence-electron chi connectivity index (χ2n) is 3.89. The molecule has 0 saturated carbocycles. The molecule has 5 nitrogen and oxygen atoms in total. The van der Waals surface area contributed by atoms with E-state index in [4.69, 9.17) is 11.0 Å². The molecule has 2 aromatic heterocycles. The number of nitrogen functional groups attached to an aromatic ring is 1. The number of hydrogen-bond acceptors (Lipinski definition) is 4. The van der Waals surface area contributed by atoms with Gasteiger partial charge in [0.15, 0.2) is 11.5 Å². The molecule has 86 valence electrons. The molecule has 0 fully saturated rings. The van der Waals surface area contributed by atoms with Crippen LogP contribution in [0.5, 0.6) is 0 Å². The lowest BCUT2D eigenvalue weighted by Crippen LogP contribution is -1.88. The van der Waals surface area contributed by atoms with Gasteiger partial charge in [-0.3, -0.25) is 0 Å². The van der Waals surface area contributed by atoms with E-state index in [1.54, 1.807) is 22.8 Å². The minimum Gasteiger partial charge on any atom is -0.399 e. The quantitative estimate of drug-likeness (QED) is 0.653. The highest BCUT2D eigenvalue weighted by molar-refractivity contribution is 5.61. The maximum atomic E-state index is 8.83. The van der Waals surface area contributed by atoms with Crippen molar-refractivity contribution in [2.24, 2.45) is 0 Å². The lowest BCUT2D eigenvalue weighted by Gasteiger charge is -1.95. The van der Waals surface area contributed by atoms with Gasteiger partial charge in [0.2, 0.25) is 0 Å². The van der Waals surface area contributed by atoms with Crippen molar-refractivity contribution in [1.82, 2.24) is 14.6 Å². The Morgan fingerprint density at radius 1 is 1.11 bits per heavy atom. The highest BCUT2D eigenvalue weighted by atomic mass is 15.3. The van der Waals surface area contributed by atoms with Gasteiger partial charge < -0.3 is 5.73 Å². The van der Waals surface area contributed by atoms with Gasteiger partial charge in [0.25, 0.3) is 0 Å². The molecule has 0 aliphatic heterocycles. The van der Waals surface area contributed by atoms with Crippen LogP contribution in [0.4, 0.5) is 5.69 Å². The lowest BCUT2D eigenvalue weighted by molar-refractivity contribution is 0.962. The fourth-order valence-electron chi connectivity index (χ4n) is 1.70. The topological polar surface area (TPSA) is 80.0 Å². The number of anilines is 1. The predicted octanol–water partition coefficient (Wildman–Crippen LogP) is 1.85. The standard InChI is InChI=1S/C13H9N5/c14-7-9-1-6-12-16-13(17-18(12)8-9)10-2-4-11(15)5-3-10/h1-6,8H,15H2. The molecule has 5 heteroatoms. The molecule has 0 unspecified atom stereocenters. The molecule has 3 aromatic rings. The van der Waals surface area contributed by atoms with E-state index in [0.717, 1.165) is 5.56 Å². The molecule has 1 aromatic carbocycles. The van der Waals surface area contributed by atoms with Crippen LogP contribution in [0, 0.1) is 11.3 Å². The van der Waals surface area contributed by atoms with Crippen LogP contribution in [0.25, 0.3) is 17.0 Å². The van der Waals surface area contributed by atoms with Crippen LogP contribution in [0.1, 0.15) is 5.56 Å². The van der Waals surface area contributed by atoms with Crippen molar-refractivity contribution in [3.8, 4) is 17.5 Å². The second-order valence-corrected chi connectivity index (χ2v) is 3.89. The first-order valence-corrected chi connectivity index (χ1v) is 5.39. The summed E-state index contributed by atoms with van der Waals surface area (Å²) in [5, 5.41) is 13.2. The van der Waals surface area contributed by atoms with E-state index in [1.165, 1.54) is 0 Å². The average molecular weight is 235 g/mol. The number of fused-ring (bicyclic) bond motifs is 1. The summed E-state index contributed by atoms with van der Waals surface area (Å²) >= 11 is 0. The van der Waals surface area contributed by atoms with Crippen molar-refractivity contribution in [3.05, 3.63) is 48.2 Å². The third-order valence-corrected chi connectivity index (χ3v) is 2.63. The molecule has 0 aliphatic carbocycles. The van der Waals surface area contributed by atoms with Crippen molar-refractivity contribution in [1.29, 1.82) is 5.26 Å². The van der Waals surface area contributed by atoms with Crippen LogP contribution in [-0.4, -0.2) is 14.6 Å². The first-order chi connectivity index (χ1) is 8.76. The Hall–Kier alpha value is -2.87. The number of pyridine rings is 1. The van der Waals surface area contributed by atoms with E-state index in [-0.39, 0.29) is 0 Å². The summed E-state index contributed by atoms with van der Waals surface area (Å²) in [6.45, 7) is 0. The Kier molecular flexibility index (Phi) is 2.21. The van der Waals surface area contributed by atoms with E-state index in [2.05, 4.69) is 16.2 Å². The molecule has 0 spiro atoms. The van der Waals surface area contributed by atoms with E-state index in [9.17, 15) is 0 Å². The van der Waals surface area contributed by atoms with Gasteiger partial charge in [0, 0.05) is 17.4 Å². The minimum absolute atomic E-state index is 0.552. The van der Waals surface area contributed by atoms with Gasteiger partial charge in [-0.1, -0.05) is 0 Å². The summed E-state index contributed by atoms with van der Waals surface area (Å²) in [4.78, 5) is 4.39. The van der Waals surface area contributed by atoms with E-state index in [1.807, 2.05) is 24.3 Å². The number of hydrogen-bond donors (Lipinski definition) is 1. The molecule has 0 radical (unpaired) electrons. The summed E-state index contributed by atoms with van der Waals surface area (Å²) < 4.78 is 1.60. The lowest BCUT2D eigenvalue weighted by atomic mass is 10.2. The van der Waals surface area contributed by atoms with Crippen molar-refractivity contribution in [2.45, 2.75) is 0 Å². The number of nitriles is 1. The summed E-state index contributed by atoms with van der Waals surface area (Å²) in [5.41, 5.74) is 8.49. The van der Waals surface area contributed by atoms with Crippen molar-refractivity contribution < 1.29 is 0 Å². The number of nitrogens with zero attached hydrogens (tertiary/aromatic N) is 4. The SMILES string of the molecule is N#Cc1ccc2nc(-c3ccc(N)cc3)nn2c1. The van der Waals surface area contributed by atoms with Gasteiger partial charge in [0.05, 0.1) is 5.56 Å². The Morgan fingerprint density at radius 3 is 2.61 bits per heavy atom. The molecular weight excluding hydrogens is 226 g/mol. The average Bonchev–Trinajstić information content (AvgIpc) is 2.82. The largest absolute Gasteiger partial charge is 0.399 e. The zero-order chi connectivity index (χ0) is 12.5. The van der Waals surface area contributed by atoms with Crippen molar-refractivity contribution in [2.75, 3.05) is 5.73 Å². The number of nitrogens with two attached hydrogens (primary N) is 1. The summed E-state index contributed by atoms with van der Waals surface area (Å²) in [7, 11) is 0. The van der Waals surface area contributed by atoms with Gasteiger partial charge in [-0.25, -0.2) is 9.50 Å². The molecular formula is C13H9N5. The maximum absolute atomic E-state index is 8.83. The fourth-order valence-corrected chi connectivity index (χ4v) is 1.70. The number of benzene rings is 1. The summed E-state index contributed by atoms with van der Waals surface area (Å²) in [5.74, 6) is 0.616. The molecule has 2 heterocycles. The van der Waals surface area contributed by atoms with E-state index < -0.39 is 0 Å². The van der Waals surface area contributed by atoms with Crippen molar-refractivity contribution in [3.63, 3.8) is 0 Å². The van der Waals surface area contributed by atoms with Crippen LogP contribution in [0.15, 0.2) is 42.6 Å². The third kappa shape index (κ3) is 1.66.